The highest BCUT2D eigenvalue weighted by Crippen LogP contribution is 2.17. The molecule has 0 aliphatic heterocycles. The molecule has 1 saturated carbocycles. The Bertz CT molecular complexity index is 372. The SMILES string of the molecule is Cl.Nc1ccc(CC(=O)NC2CCCCC2)cc1. The average molecular weight is 269 g/mol. The number of nitrogen functional groups attached to an aromatic ring is 1. The molecule has 1 aliphatic rings. The molecule has 100 valence electrons. The Hall–Kier alpha value is -1.22. The lowest BCUT2D eigenvalue weighted by atomic mass is 9.95. The quantitative estimate of drug-likeness (QED) is 0.828. The maximum atomic E-state index is 11.8. The molecule has 2 rings (SSSR count). The van der Waals surface area contributed by atoms with Gasteiger partial charge in [-0.2, -0.15) is 0 Å². The number of anilines is 1. The van der Waals surface area contributed by atoms with Gasteiger partial charge < -0.3 is 11.1 Å². The third-order valence-electron chi connectivity index (χ3n) is 3.31. The molecule has 0 spiro atoms. The van der Waals surface area contributed by atoms with Crippen LogP contribution in [0.4, 0.5) is 5.69 Å². The van der Waals surface area contributed by atoms with E-state index in [1.165, 1.54) is 19.3 Å². The van der Waals surface area contributed by atoms with Crippen molar-refractivity contribution in [2.24, 2.45) is 0 Å². The van der Waals surface area contributed by atoms with Crippen LogP contribution in [0, 0.1) is 0 Å². The summed E-state index contributed by atoms with van der Waals surface area (Å²) in [7, 11) is 0. The summed E-state index contributed by atoms with van der Waals surface area (Å²) >= 11 is 0. The predicted octanol–water partition coefficient (Wildman–Crippen LogP) is 2.68. The second kappa shape index (κ2) is 7.27. The summed E-state index contributed by atoms with van der Waals surface area (Å²) in [5.41, 5.74) is 7.36. The van der Waals surface area contributed by atoms with Crippen LogP contribution in [0.5, 0.6) is 0 Å². The van der Waals surface area contributed by atoms with Crippen molar-refractivity contribution in [2.45, 2.75) is 44.6 Å². The van der Waals surface area contributed by atoms with Crippen LogP contribution in [-0.4, -0.2) is 11.9 Å². The Labute approximate surface area is 115 Å². The van der Waals surface area contributed by atoms with Crippen molar-refractivity contribution in [3.63, 3.8) is 0 Å². The Kier molecular flexibility index (Phi) is 5.99. The number of carbonyl (C=O) groups excluding carboxylic acids is 1. The van der Waals surface area contributed by atoms with E-state index in [-0.39, 0.29) is 18.3 Å². The minimum Gasteiger partial charge on any atom is -0.399 e. The van der Waals surface area contributed by atoms with Crippen LogP contribution in [0.15, 0.2) is 24.3 Å². The average Bonchev–Trinajstić information content (AvgIpc) is 2.33. The fraction of sp³-hybridized carbons (Fsp3) is 0.500. The van der Waals surface area contributed by atoms with Crippen LogP contribution in [0.25, 0.3) is 0 Å². The summed E-state index contributed by atoms with van der Waals surface area (Å²) in [5, 5.41) is 3.11. The van der Waals surface area contributed by atoms with E-state index in [0.29, 0.717) is 12.5 Å². The van der Waals surface area contributed by atoms with Gasteiger partial charge in [-0.05, 0) is 30.5 Å². The largest absolute Gasteiger partial charge is 0.399 e. The number of carbonyl (C=O) groups is 1. The lowest BCUT2D eigenvalue weighted by molar-refractivity contribution is -0.121. The van der Waals surface area contributed by atoms with E-state index in [1.807, 2.05) is 24.3 Å². The van der Waals surface area contributed by atoms with Gasteiger partial charge in [0, 0.05) is 11.7 Å². The smallest absolute Gasteiger partial charge is 0.224 e. The van der Waals surface area contributed by atoms with Gasteiger partial charge >= 0.3 is 0 Å². The molecule has 3 N–H and O–H groups in total. The first-order chi connectivity index (χ1) is 8.24. The second-order valence-corrected chi connectivity index (χ2v) is 4.82. The standard InChI is InChI=1S/C14H20N2O.ClH/c15-12-8-6-11(7-9-12)10-14(17)16-13-4-2-1-3-5-13;/h6-9,13H,1-5,10,15H2,(H,16,17);1H. The molecule has 3 nitrogen and oxygen atoms in total. The number of hydrogen-bond donors (Lipinski definition) is 2. The van der Waals surface area contributed by atoms with Crippen LogP contribution < -0.4 is 11.1 Å². The highest BCUT2D eigenvalue weighted by atomic mass is 35.5. The molecule has 0 unspecified atom stereocenters. The molecular formula is C14H21ClN2O. The fourth-order valence-electron chi connectivity index (χ4n) is 2.35. The van der Waals surface area contributed by atoms with Gasteiger partial charge in [0.05, 0.1) is 6.42 Å². The number of nitrogens with two attached hydrogens (primary N) is 1. The summed E-state index contributed by atoms with van der Waals surface area (Å²) in [5.74, 6) is 0.127. The van der Waals surface area contributed by atoms with Gasteiger partial charge in [-0.25, -0.2) is 0 Å². The molecular weight excluding hydrogens is 248 g/mol. The van der Waals surface area contributed by atoms with Crippen molar-refractivity contribution in [3.05, 3.63) is 29.8 Å². The second-order valence-electron chi connectivity index (χ2n) is 4.82. The van der Waals surface area contributed by atoms with Crippen molar-refractivity contribution in [1.29, 1.82) is 0 Å². The molecule has 1 aliphatic carbocycles. The molecule has 1 aromatic carbocycles. The first kappa shape index (κ1) is 14.8. The number of nitrogens with one attached hydrogen (secondary N) is 1. The molecule has 0 heterocycles. The zero-order chi connectivity index (χ0) is 12.1. The summed E-state index contributed by atoms with van der Waals surface area (Å²) in [6, 6.07) is 7.89. The van der Waals surface area contributed by atoms with Gasteiger partial charge in [0.2, 0.25) is 5.91 Å². The van der Waals surface area contributed by atoms with Crippen molar-refractivity contribution in [3.8, 4) is 0 Å². The van der Waals surface area contributed by atoms with Gasteiger partial charge in [0.1, 0.15) is 0 Å². The molecule has 0 bridgehead atoms. The summed E-state index contributed by atoms with van der Waals surface area (Å²) in [4.78, 5) is 11.8. The van der Waals surface area contributed by atoms with Crippen LogP contribution in [0.1, 0.15) is 37.7 Å². The Morgan fingerprint density at radius 1 is 1.17 bits per heavy atom. The molecule has 18 heavy (non-hydrogen) atoms. The fourth-order valence-corrected chi connectivity index (χ4v) is 2.35. The van der Waals surface area contributed by atoms with E-state index in [9.17, 15) is 4.79 Å². The Morgan fingerprint density at radius 3 is 2.39 bits per heavy atom. The van der Waals surface area contributed by atoms with Gasteiger partial charge in [-0.15, -0.1) is 12.4 Å². The molecule has 1 amide bonds. The molecule has 0 saturated heterocycles. The van der Waals surface area contributed by atoms with E-state index in [0.717, 1.165) is 24.1 Å². The van der Waals surface area contributed by atoms with Gasteiger partial charge in [0.25, 0.3) is 0 Å². The van der Waals surface area contributed by atoms with Crippen molar-refractivity contribution in [2.75, 3.05) is 5.73 Å². The van der Waals surface area contributed by atoms with E-state index < -0.39 is 0 Å². The predicted molar refractivity (Wildman–Crippen MR) is 76.8 cm³/mol. The minimum atomic E-state index is 0. The van der Waals surface area contributed by atoms with Crippen molar-refractivity contribution in [1.82, 2.24) is 5.32 Å². The van der Waals surface area contributed by atoms with Crippen LogP contribution in [0.3, 0.4) is 0 Å². The molecule has 0 radical (unpaired) electrons. The van der Waals surface area contributed by atoms with Gasteiger partial charge in [0.15, 0.2) is 0 Å². The third-order valence-corrected chi connectivity index (χ3v) is 3.31. The number of rotatable bonds is 3. The van der Waals surface area contributed by atoms with E-state index in [4.69, 9.17) is 5.73 Å². The number of hydrogen-bond acceptors (Lipinski definition) is 2. The van der Waals surface area contributed by atoms with E-state index >= 15 is 0 Å². The number of amides is 1. The van der Waals surface area contributed by atoms with Crippen LogP contribution in [-0.2, 0) is 11.2 Å². The maximum absolute atomic E-state index is 11.8. The lowest BCUT2D eigenvalue weighted by Gasteiger charge is -2.22. The zero-order valence-electron chi connectivity index (χ0n) is 10.5. The number of benzene rings is 1. The zero-order valence-corrected chi connectivity index (χ0v) is 11.3. The van der Waals surface area contributed by atoms with Crippen LogP contribution >= 0.6 is 12.4 Å². The Morgan fingerprint density at radius 2 is 1.78 bits per heavy atom. The van der Waals surface area contributed by atoms with Crippen molar-refractivity contribution < 1.29 is 4.79 Å². The van der Waals surface area contributed by atoms with E-state index in [2.05, 4.69) is 5.32 Å². The summed E-state index contributed by atoms with van der Waals surface area (Å²) in [6.45, 7) is 0. The van der Waals surface area contributed by atoms with Crippen LogP contribution in [0.2, 0.25) is 0 Å². The van der Waals surface area contributed by atoms with E-state index in [1.54, 1.807) is 0 Å². The third kappa shape index (κ3) is 4.57. The lowest BCUT2D eigenvalue weighted by Crippen LogP contribution is -2.37. The van der Waals surface area contributed by atoms with Crippen molar-refractivity contribution >= 4 is 24.0 Å². The molecule has 0 atom stereocenters. The molecule has 0 aromatic heterocycles. The normalized spacial score (nSPS) is 15.8. The molecule has 1 aromatic rings. The first-order valence-corrected chi connectivity index (χ1v) is 6.38. The highest BCUT2D eigenvalue weighted by Gasteiger charge is 2.15. The Balaban J connectivity index is 0.00000162. The summed E-state index contributed by atoms with van der Waals surface area (Å²) in [6.07, 6.45) is 6.52. The first-order valence-electron chi connectivity index (χ1n) is 6.38. The maximum Gasteiger partial charge on any atom is 0.224 e. The number of halogens is 1. The monoisotopic (exact) mass is 268 g/mol. The minimum absolute atomic E-state index is 0. The highest BCUT2D eigenvalue weighted by molar-refractivity contribution is 5.85. The molecule has 1 fully saturated rings. The molecule has 4 heteroatoms. The summed E-state index contributed by atoms with van der Waals surface area (Å²) < 4.78 is 0. The van der Waals surface area contributed by atoms with Gasteiger partial charge in [-0.1, -0.05) is 31.4 Å². The van der Waals surface area contributed by atoms with Gasteiger partial charge in [-0.3, -0.25) is 4.79 Å². The topological polar surface area (TPSA) is 55.1 Å².